The first-order chi connectivity index (χ1) is 11.0. The number of hydrogen-bond donors (Lipinski definition) is 1. The highest BCUT2D eigenvalue weighted by Crippen LogP contribution is 2.29. The summed E-state index contributed by atoms with van der Waals surface area (Å²) in [6, 6.07) is 13.1. The monoisotopic (exact) mass is 330 g/mol. The van der Waals surface area contributed by atoms with Crippen molar-refractivity contribution in [3.63, 3.8) is 0 Å². The molecule has 0 spiro atoms. The number of anilines is 1. The molecule has 1 aliphatic rings. The number of benzene rings is 2. The standard InChI is InChI=1S/C16H14N2O4S/c1-22-12-8-6-11(7-9-12)17-10-15-16(19)18-13-4-2-3-5-14(13)23(15,20)21/h2-10,15H,1H3,(H,18,19). The Kier molecular flexibility index (Phi) is 3.87. The van der Waals surface area contributed by atoms with Crippen molar-refractivity contribution < 1.29 is 17.9 Å². The summed E-state index contributed by atoms with van der Waals surface area (Å²) >= 11 is 0. The third kappa shape index (κ3) is 2.83. The number of rotatable bonds is 3. The van der Waals surface area contributed by atoms with Crippen LogP contribution in [-0.4, -0.2) is 32.9 Å². The van der Waals surface area contributed by atoms with Crippen LogP contribution < -0.4 is 10.1 Å². The van der Waals surface area contributed by atoms with Crippen LogP contribution in [0.1, 0.15) is 0 Å². The summed E-state index contributed by atoms with van der Waals surface area (Å²) in [7, 11) is -2.25. The van der Waals surface area contributed by atoms with Crippen LogP contribution in [0.4, 0.5) is 11.4 Å². The van der Waals surface area contributed by atoms with Gasteiger partial charge in [-0.15, -0.1) is 0 Å². The molecule has 1 atom stereocenters. The van der Waals surface area contributed by atoms with Crippen molar-refractivity contribution in [3.8, 4) is 5.75 Å². The van der Waals surface area contributed by atoms with E-state index in [-0.39, 0.29) is 4.90 Å². The van der Waals surface area contributed by atoms with E-state index in [4.69, 9.17) is 4.74 Å². The Balaban J connectivity index is 1.93. The van der Waals surface area contributed by atoms with Crippen LogP contribution in [0, 0.1) is 0 Å². The third-order valence-electron chi connectivity index (χ3n) is 3.48. The molecule has 3 rings (SSSR count). The number of amides is 1. The van der Waals surface area contributed by atoms with E-state index in [0.29, 0.717) is 17.1 Å². The summed E-state index contributed by atoms with van der Waals surface area (Å²) in [6.07, 6.45) is 1.16. The molecule has 0 saturated carbocycles. The van der Waals surface area contributed by atoms with Gasteiger partial charge in [-0.25, -0.2) is 8.42 Å². The van der Waals surface area contributed by atoms with E-state index >= 15 is 0 Å². The normalized spacial score (nSPS) is 19.2. The van der Waals surface area contributed by atoms with Gasteiger partial charge >= 0.3 is 0 Å². The Morgan fingerprint density at radius 1 is 1.13 bits per heavy atom. The minimum Gasteiger partial charge on any atom is -0.497 e. The van der Waals surface area contributed by atoms with Crippen LogP contribution in [0.3, 0.4) is 0 Å². The second-order valence-electron chi connectivity index (χ2n) is 4.93. The van der Waals surface area contributed by atoms with Gasteiger partial charge in [0, 0.05) is 6.21 Å². The molecular weight excluding hydrogens is 316 g/mol. The van der Waals surface area contributed by atoms with Gasteiger partial charge in [0.25, 0.3) is 0 Å². The molecule has 6 nitrogen and oxygen atoms in total. The smallest absolute Gasteiger partial charge is 0.248 e. The second kappa shape index (κ2) is 5.85. The lowest BCUT2D eigenvalue weighted by molar-refractivity contribution is -0.114. The number of fused-ring (bicyclic) bond motifs is 1. The number of nitrogens with one attached hydrogen (secondary N) is 1. The molecule has 0 fully saturated rings. The molecule has 0 bridgehead atoms. The lowest BCUT2D eigenvalue weighted by atomic mass is 10.3. The number of ether oxygens (including phenoxy) is 1. The fourth-order valence-electron chi connectivity index (χ4n) is 2.27. The molecule has 0 aromatic heterocycles. The molecule has 1 heterocycles. The van der Waals surface area contributed by atoms with E-state index in [9.17, 15) is 13.2 Å². The predicted octanol–water partition coefficient (Wildman–Crippen LogP) is 2.19. The topological polar surface area (TPSA) is 84.8 Å². The second-order valence-corrected chi connectivity index (χ2v) is 6.96. The van der Waals surface area contributed by atoms with Gasteiger partial charge in [0.15, 0.2) is 15.1 Å². The van der Waals surface area contributed by atoms with Gasteiger partial charge in [-0.2, -0.15) is 0 Å². The Bertz CT molecular complexity index is 873. The lowest BCUT2D eigenvalue weighted by Crippen LogP contribution is -2.40. The first kappa shape index (κ1) is 15.2. The molecule has 1 unspecified atom stereocenters. The van der Waals surface area contributed by atoms with Gasteiger partial charge < -0.3 is 10.1 Å². The number of carbonyl (C=O) groups is 1. The average Bonchev–Trinajstić information content (AvgIpc) is 2.55. The zero-order valence-corrected chi connectivity index (χ0v) is 13.1. The van der Waals surface area contributed by atoms with Gasteiger partial charge in [-0.1, -0.05) is 12.1 Å². The summed E-state index contributed by atoms with van der Waals surface area (Å²) in [4.78, 5) is 16.3. The molecule has 23 heavy (non-hydrogen) atoms. The highest BCUT2D eigenvalue weighted by Gasteiger charge is 2.38. The molecule has 7 heteroatoms. The number of aliphatic imine (C=N–C) groups is 1. The fraction of sp³-hybridized carbons (Fsp3) is 0.125. The van der Waals surface area contributed by atoms with Crippen molar-refractivity contribution in [3.05, 3.63) is 48.5 Å². The maximum atomic E-state index is 12.6. The first-order valence-corrected chi connectivity index (χ1v) is 8.39. The summed E-state index contributed by atoms with van der Waals surface area (Å²) < 4.78 is 30.2. The highest BCUT2D eigenvalue weighted by molar-refractivity contribution is 7.93. The van der Waals surface area contributed by atoms with Crippen LogP contribution in [0.15, 0.2) is 58.4 Å². The zero-order valence-electron chi connectivity index (χ0n) is 12.3. The van der Waals surface area contributed by atoms with Crippen LogP contribution >= 0.6 is 0 Å². The van der Waals surface area contributed by atoms with Crippen LogP contribution in [0.2, 0.25) is 0 Å². The quantitative estimate of drug-likeness (QED) is 0.874. The van der Waals surface area contributed by atoms with Crippen LogP contribution in [-0.2, 0) is 14.6 Å². The van der Waals surface area contributed by atoms with E-state index in [1.54, 1.807) is 49.6 Å². The number of methoxy groups -OCH3 is 1. The number of carbonyl (C=O) groups excluding carboxylic acids is 1. The molecule has 0 radical (unpaired) electrons. The minimum absolute atomic E-state index is 0.103. The maximum Gasteiger partial charge on any atom is 0.248 e. The highest BCUT2D eigenvalue weighted by atomic mass is 32.2. The predicted molar refractivity (Wildman–Crippen MR) is 87.2 cm³/mol. The van der Waals surface area contributed by atoms with E-state index in [2.05, 4.69) is 10.3 Å². The zero-order chi connectivity index (χ0) is 16.4. The molecule has 0 aliphatic carbocycles. The van der Waals surface area contributed by atoms with Gasteiger partial charge in [0.05, 0.1) is 23.4 Å². The fourth-order valence-corrected chi connectivity index (χ4v) is 3.80. The minimum atomic E-state index is -3.80. The summed E-state index contributed by atoms with van der Waals surface area (Å²) in [6.45, 7) is 0. The van der Waals surface area contributed by atoms with Gasteiger partial charge in [-0.05, 0) is 36.4 Å². The Morgan fingerprint density at radius 2 is 1.83 bits per heavy atom. The van der Waals surface area contributed by atoms with Crippen molar-refractivity contribution in [1.29, 1.82) is 0 Å². The maximum absolute atomic E-state index is 12.6. The van der Waals surface area contributed by atoms with E-state index in [1.807, 2.05) is 0 Å². The number of hydrogen-bond acceptors (Lipinski definition) is 5. The molecule has 118 valence electrons. The molecule has 2 aromatic rings. The van der Waals surface area contributed by atoms with Crippen LogP contribution in [0.5, 0.6) is 5.75 Å². The molecular formula is C16H14N2O4S. The molecule has 1 aliphatic heterocycles. The average molecular weight is 330 g/mol. The van der Waals surface area contributed by atoms with E-state index < -0.39 is 21.0 Å². The molecule has 2 aromatic carbocycles. The Labute approximate surface area is 133 Å². The number of sulfone groups is 1. The van der Waals surface area contributed by atoms with Crippen molar-refractivity contribution in [1.82, 2.24) is 0 Å². The first-order valence-electron chi connectivity index (χ1n) is 6.84. The largest absolute Gasteiger partial charge is 0.497 e. The van der Waals surface area contributed by atoms with E-state index in [0.717, 1.165) is 6.21 Å². The van der Waals surface area contributed by atoms with Crippen molar-refractivity contribution >= 4 is 33.3 Å². The summed E-state index contributed by atoms with van der Waals surface area (Å²) in [5.74, 6) is 0.0573. The third-order valence-corrected chi connectivity index (χ3v) is 5.45. The Hall–Kier alpha value is -2.67. The summed E-state index contributed by atoms with van der Waals surface area (Å²) in [5.41, 5.74) is 0.833. The van der Waals surface area contributed by atoms with Gasteiger partial charge in [-0.3, -0.25) is 9.79 Å². The van der Waals surface area contributed by atoms with Gasteiger partial charge in [0.1, 0.15) is 5.75 Å². The number of nitrogens with zero attached hydrogens (tertiary/aromatic N) is 1. The lowest BCUT2D eigenvalue weighted by Gasteiger charge is -2.22. The Morgan fingerprint density at radius 3 is 2.52 bits per heavy atom. The van der Waals surface area contributed by atoms with Crippen LogP contribution in [0.25, 0.3) is 0 Å². The number of para-hydroxylation sites is 1. The molecule has 0 saturated heterocycles. The van der Waals surface area contributed by atoms with Gasteiger partial charge in [0.2, 0.25) is 5.91 Å². The molecule has 1 N–H and O–H groups in total. The molecule has 1 amide bonds. The van der Waals surface area contributed by atoms with Crippen molar-refractivity contribution in [2.45, 2.75) is 10.1 Å². The SMILES string of the molecule is COc1ccc(N=CC2C(=O)Nc3ccccc3S2(=O)=O)cc1. The van der Waals surface area contributed by atoms with Crippen molar-refractivity contribution in [2.24, 2.45) is 4.99 Å². The van der Waals surface area contributed by atoms with Crippen molar-refractivity contribution in [2.75, 3.05) is 12.4 Å². The van der Waals surface area contributed by atoms with E-state index in [1.165, 1.54) is 6.07 Å². The summed E-state index contributed by atoms with van der Waals surface area (Å²) in [5, 5.41) is 1.24.